The predicted octanol–water partition coefficient (Wildman–Crippen LogP) is -7.60. The van der Waals surface area contributed by atoms with Gasteiger partial charge in [-0.15, -0.1) is 0 Å². The smallest absolute Gasteiger partial charge is 0.394 e. The van der Waals surface area contributed by atoms with E-state index in [0.717, 1.165) is 0 Å². The quantitative estimate of drug-likeness (QED) is 0.120. The van der Waals surface area contributed by atoms with Gasteiger partial charge in [-0.3, -0.25) is 9.11 Å². The van der Waals surface area contributed by atoms with Crippen LogP contribution in [0.15, 0.2) is 0 Å². The molecule has 0 amide bonds. The van der Waals surface area contributed by atoms with Gasteiger partial charge >= 0.3 is 10.4 Å². The molecule has 3 saturated heterocycles. The zero-order chi connectivity index (χ0) is 31.7. The second-order valence-corrected chi connectivity index (χ2v) is 11.6. The van der Waals surface area contributed by atoms with Gasteiger partial charge in [-0.2, -0.15) is 8.42 Å². The minimum Gasteiger partial charge on any atom is -0.394 e. The third-order valence-corrected chi connectivity index (χ3v) is 7.74. The zero-order valence-corrected chi connectivity index (χ0v) is 23.4. The summed E-state index contributed by atoms with van der Waals surface area (Å²) in [7, 11) is -3.11. The standard InChI is InChI=1S/C21H41N5O11.H2O4S/c1-26-11-14(30)18-8(33-20(11)37-21-16(32)13(29)10(25)9(4-27)34-21)3-7(24)19(36-18)35-17-6(23)2-5(22)12(28)15(17)31;1-5(2,3)4/h5-21,26-32H,2-4,22-25H2,1H3;(H2,1,2,3,4)/t5?,6?,7?,8-,9?,10?,11?,12?,13?,14?,15?,16?,17?,18+,19?,20?,21?;/m1./s1. The molecule has 42 heavy (non-hydrogen) atoms. The molecule has 0 aromatic carbocycles. The van der Waals surface area contributed by atoms with Crippen molar-refractivity contribution in [2.45, 2.75) is 117 Å². The first-order valence-corrected chi connectivity index (χ1v) is 14.6. The van der Waals surface area contributed by atoms with E-state index in [9.17, 15) is 30.6 Å². The Kier molecular flexibility index (Phi) is 12.4. The second-order valence-electron chi connectivity index (χ2n) is 10.7. The molecule has 4 aliphatic rings. The summed E-state index contributed by atoms with van der Waals surface area (Å²) in [6.07, 6.45) is -13.7. The number of nitrogens with two attached hydrogens (primary N) is 4. The number of aliphatic hydroxyl groups is 6. The van der Waals surface area contributed by atoms with Crippen molar-refractivity contribution in [2.75, 3.05) is 13.7 Å². The number of nitrogens with one attached hydrogen (secondary N) is 1. The molecule has 0 spiro atoms. The average Bonchev–Trinajstić information content (AvgIpc) is 2.90. The molecule has 21 heteroatoms. The lowest BCUT2D eigenvalue weighted by atomic mass is 9.84. The number of hydrogen-bond acceptors (Lipinski definition) is 18. The summed E-state index contributed by atoms with van der Waals surface area (Å²) in [4.78, 5) is 0. The lowest BCUT2D eigenvalue weighted by Gasteiger charge is -2.51. The van der Waals surface area contributed by atoms with Crippen molar-refractivity contribution in [3.63, 3.8) is 0 Å². The Balaban J connectivity index is 0.000000892. The maximum Gasteiger partial charge on any atom is 0.394 e. The molecule has 15 unspecified atom stereocenters. The SMILES string of the molecule is CNC1C(OC2OC(CO)C(N)C(O)C2O)O[C@@H]2CC(N)C(OC3C(N)CC(N)C(O)C3O)O[C@@H]2C1O.O=S(=O)(O)O. The van der Waals surface area contributed by atoms with Crippen LogP contribution in [0.1, 0.15) is 12.8 Å². The summed E-state index contributed by atoms with van der Waals surface area (Å²) >= 11 is 0. The Morgan fingerprint density at radius 2 is 1.38 bits per heavy atom. The van der Waals surface area contributed by atoms with Gasteiger partial charge in [0.25, 0.3) is 0 Å². The number of likely N-dealkylation sites (N-methyl/N-ethyl adjacent to an activating group) is 1. The van der Waals surface area contributed by atoms with E-state index in [1.165, 1.54) is 0 Å². The summed E-state index contributed by atoms with van der Waals surface area (Å²) < 4.78 is 60.8. The maximum atomic E-state index is 11.1. The van der Waals surface area contributed by atoms with E-state index >= 15 is 0 Å². The highest BCUT2D eigenvalue weighted by atomic mass is 32.3. The zero-order valence-electron chi connectivity index (χ0n) is 22.6. The van der Waals surface area contributed by atoms with Crippen LogP contribution in [0.2, 0.25) is 0 Å². The van der Waals surface area contributed by atoms with Crippen molar-refractivity contribution >= 4 is 10.4 Å². The Morgan fingerprint density at radius 3 is 1.95 bits per heavy atom. The number of aliphatic hydroxyl groups excluding tert-OH is 6. The number of fused-ring (bicyclic) bond motifs is 1. The van der Waals surface area contributed by atoms with Gasteiger partial charge in [0, 0.05) is 12.1 Å². The summed E-state index contributed by atoms with van der Waals surface area (Å²) in [5.74, 6) is 0. The van der Waals surface area contributed by atoms with Crippen LogP contribution in [0.3, 0.4) is 0 Å². The van der Waals surface area contributed by atoms with Crippen LogP contribution in [-0.2, 0) is 34.1 Å². The molecular weight excluding hydrogens is 594 g/mol. The molecule has 17 atom stereocenters. The number of hydrogen-bond donors (Lipinski definition) is 13. The lowest BCUT2D eigenvalue weighted by Crippen LogP contribution is -2.70. The Hall–Kier alpha value is -0.770. The van der Waals surface area contributed by atoms with Crippen molar-refractivity contribution in [2.24, 2.45) is 22.9 Å². The molecule has 0 radical (unpaired) electrons. The van der Waals surface area contributed by atoms with E-state index in [1.807, 2.05) is 0 Å². The van der Waals surface area contributed by atoms with Crippen LogP contribution in [0.25, 0.3) is 0 Å². The van der Waals surface area contributed by atoms with E-state index in [4.69, 9.17) is 64.1 Å². The Labute approximate surface area is 241 Å². The second kappa shape index (κ2) is 14.6. The Morgan fingerprint density at radius 1 is 0.762 bits per heavy atom. The summed E-state index contributed by atoms with van der Waals surface area (Å²) in [5, 5.41) is 64.7. The molecule has 4 rings (SSSR count). The van der Waals surface area contributed by atoms with Gasteiger partial charge < -0.3 is 82.6 Å². The minimum absolute atomic E-state index is 0.156. The predicted molar refractivity (Wildman–Crippen MR) is 137 cm³/mol. The molecule has 1 aliphatic carbocycles. The van der Waals surface area contributed by atoms with Gasteiger partial charge in [0.05, 0.1) is 36.9 Å². The number of rotatable bonds is 6. The van der Waals surface area contributed by atoms with Crippen LogP contribution < -0.4 is 28.3 Å². The van der Waals surface area contributed by atoms with Gasteiger partial charge in [0.2, 0.25) is 0 Å². The third kappa shape index (κ3) is 8.28. The van der Waals surface area contributed by atoms with Crippen LogP contribution in [0.5, 0.6) is 0 Å². The fourth-order valence-corrected chi connectivity index (χ4v) is 5.46. The molecule has 248 valence electrons. The molecule has 1 saturated carbocycles. The summed E-state index contributed by atoms with van der Waals surface area (Å²) in [6, 6.07) is -4.05. The van der Waals surface area contributed by atoms with Crippen molar-refractivity contribution in [3.05, 3.63) is 0 Å². The molecule has 4 fully saturated rings. The van der Waals surface area contributed by atoms with Crippen LogP contribution in [0.4, 0.5) is 0 Å². The van der Waals surface area contributed by atoms with E-state index < -0.39 is 121 Å². The summed E-state index contributed by atoms with van der Waals surface area (Å²) in [5.41, 5.74) is 24.0. The topological polar surface area (TPSA) is 358 Å². The highest BCUT2D eigenvalue weighted by Crippen LogP contribution is 2.35. The minimum atomic E-state index is -4.67. The first kappa shape index (κ1) is 35.7. The van der Waals surface area contributed by atoms with Crippen LogP contribution >= 0.6 is 0 Å². The monoisotopic (exact) mass is 637 g/mol. The first-order chi connectivity index (χ1) is 19.5. The fourth-order valence-electron chi connectivity index (χ4n) is 5.46. The normalized spacial score (nSPS) is 49.9. The molecule has 20 nitrogen and oxygen atoms in total. The lowest BCUT2D eigenvalue weighted by molar-refractivity contribution is -0.373. The molecular formula is C21H43N5O15S. The molecule has 17 N–H and O–H groups in total. The van der Waals surface area contributed by atoms with Gasteiger partial charge in [-0.05, 0) is 19.9 Å². The molecule has 0 aromatic heterocycles. The van der Waals surface area contributed by atoms with Gasteiger partial charge in [0.15, 0.2) is 18.9 Å². The van der Waals surface area contributed by atoms with Crippen molar-refractivity contribution in [1.82, 2.24) is 5.32 Å². The van der Waals surface area contributed by atoms with E-state index in [0.29, 0.717) is 0 Å². The highest BCUT2D eigenvalue weighted by Gasteiger charge is 2.54. The van der Waals surface area contributed by atoms with Crippen molar-refractivity contribution in [1.29, 1.82) is 0 Å². The van der Waals surface area contributed by atoms with Crippen LogP contribution in [0, 0.1) is 0 Å². The molecule has 3 heterocycles. The van der Waals surface area contributed by atoms with E-state index in [2.05, 4.69) is 5.32 Å². The maximum absolute atomic E-state index is 11.1. The molecule has 0 bridgehead atoms. The van der Waals surface area contributed by atoms with Crippen LogP contribution in [-0.4, -0.2) is 166 Å². The van der Waals surface area contributed by atoms with Gasteiger partial charge in [-0.1, -0.05) is 0 Å². The Bertz CT molecular complexity index is 960. The highest BCUT2D eigenvalue weighted by molar-refractivity contribution is 7.79. The third-order valence-electron chi connectivity index (χ3n) is 7.74. The van der Waals surface area contributed by atoms with E-state index in [-0.39, 0.29) is 12.8 Å². The van der Waals surface area contributed by atoms with Crippen molar-refractivity contribution in [3.8, 4) is 0 Å². The molecule has 0 aromatic rings. The van der Waals surface area contributed by atoms with Crippen molar-refractivity contribution < 1.29 is 71.8 Å². The average molecular weight is 638 g/mol. The van der Waals surface area contributed by atoms with Gasteiger partial charge in [-0.25, -0.2) is 0 Å². The van der Waals surface area contributed by atoms with Gasteiger partial charge in [0.1, 0.15) is 42.7 Å². The van der Waals surface area contributed by atoms with E-state index in [1.54, 1.807) is 7.05 Å². The summed E-state index contributed by atoms with van der Waals surface area (Å²) in [6.45, 7) is -0.508. The number of ether oxygens (including phenoxy) is 5. The largest absolute Gasteiger partial charge is 0.394 e. The molecule has 3 aliphatic heterocycles. The first-order valence-electron chi connectivity index (χ1n) is 13.2. The fraction of sp³-hybridized carbons (Fsp3) is 1.00.